The third-order valence-electron chi connectivity index (χ3n) is 5.21. The van der Waals surface area contributed by atoms with Gasteiger partial charge in [0.05, 0.1) is 13.7 Å². The minimum absolute atomic E-state index is 0.0582. The van der Waals surface area contributed by atoms with Crippen LogP contribution in [0.2, 0.25) is 0 Å². The summed E-state index contributed by atoms with van der Waals surface area (Å²) in [5.74, 6) is 2.64. The molecule has 0 radical (unpaired) electrons. The van der Waals surface area contributed by atoms with Crippen LogP contribution in [-0.4, -0.2) is 44.5 Å². The average molecular weight is 330 g/mol. The van der Waals surface area contributed by atoms with Crippen molar-refractivity contribution in [1.82, 2.24) is 19.7 Å². The molecule has 1 saturated heterocycles. The zero-order valence-corrected chi connectivity index (χ0v) is 14.9. The van der Waals surface area contributed by atoms with Crippen molar-refractivity contribution in [3.8, 4) is 5.75 Å². The van der Waals surface area contributed by atoms with Gasteiger partial charge in [0.2, 0.25) is 0 Å². The summed E-state index contributed by atoms with van der Waals surface area (Å²) in [5, 5.41) is 19.6. The van der Waals surface area contributed by atoms with Crippen molar-refractivity contribution in [3.05, 3.63) is 41.5 Å². The molecule has 0 amide bonds. The van der Waals surface area contributed by atoms with E-state index in [1.807, 2.05) is 49.7 Å². The summed E-state index contributed by atoms with van der Waals surface area (Å²) < 4.78 is 7.22. The molecule has 2 atom stereocenters. The molecule has 1 aliphatic rings. The largest absolute Gasteiger partial charge is 0.497 e. The van der Waals surface area contributed by atoms with E-state index in [9.17, 15) is 5.11 Å². The molecule has 24 heavy (non-hydrogen) atoms. The molecule has 1 N–H and O–H groups in total. The van der Waals surface area contributed by atoms with Crippen LogP contribution in [0.1, 0.15) is 37.0 Å². The van der Waals surface area contributed by atoms with Crippen molar-refractivity contribution in [2.45, 2.75) is 44.9 Å². The fraction of sp³-hybridized carbons (Fsp3) is 0.556. The molecule has 6 heteroatoms. The van der Waals surface area contributed by atoms with Gasteiger partial charge in [-0.1, -0.05) is 12.1 Å². The van der Waals surface area contributed by atoms with Gasteiger partial charge in [-0.2, -0.15) is 0 Å². The highest BCUT2D eigenvalue weighted by Crippen LogP contribution is 2.35. The lowest BCUT2D eigenvalue weighted by Crippen LogP contribution is -2.45. The second-order valence-corrected chi connectivity index (χ2v) is 6.73. The molecule has 0 aliphatic carbocycles. The molecule has 2 aromatic rings. The first-order valence-electron chi connectivity index (χ1n) is 8.39. The van der Waals surface area contributed by atoms with Crippen LogP contribution >= 0.6 is 0 Å². The number of aryl methyl sites for hydroxylation is 1. The molecular formula is C18H26N4O2. The number of rotatable bonds is 5. The molecule has 1 aromatic heterocycles. The lowest BCUT2D eigenvalue weighted by molar-refractivity contribution is -0.0263. The summed E-state index contributed by atoms with van der Waals surface area (Å²) >= 11 is 0. The monoisotopic (exact) mass is 330 g/mol. The summed E-state index contributed by atoms with van der Waals surface area (Å²) in [7, 11) is 3.63. The van der Waals surface area contributed by atoms with E-state index < -0.39 is 5.60 Å². The van der Waals surface area contributed by atoms with E-state index in [0.717, 1.165) is 42.3 Å². The molecule has 1 fully saturated rings. The number of likely N-dealkylation sites (tertiary alicyclic amines) is 1. The first kappa shape index (κ1) is 16.9. The number of hydrogen-bond acceptors (Lipinski definition) is 5. The van der Waals surface area contributed by atoms with Gasteiger partial charge >= 0.3 is 0 Å². The van der Waals surface area contributed by atoms with Crippen molar-refractivity contribution in [1.29, 1.82) is 0 Å². The number of aliphatic hydroxyl groups is 1. The van der Waals surface area contributed by atoms with Crippen LogP contribution in [0.5, 0.6) is 5.75 Å². The SMILES string of the molecule is COc1ccc([C@](C)(O)[C@H]2CCCN2Cc2nnc(C)n2C)cc1. The Morgan fingerprint density at radius 2 is 2.00 bits per heavy atom. The fourth-order valence-electron chi connectivity index (χ4n) is 3.54. The Hall–Kier alpha value is -1.92. The van der Waals surface area contributed by atoms with E-state index in [0.29, 0.717) is 6.54 Å². The molecule has 0 bridgehead atoms. The zero-order chi connectivity index (χ0) is 17.3. The van der Waals surface area contributed by atoms with Crippen LogP contribution in [0.3, 0.4) is 0 Å². The second kappa shape index (κ2) is 6.53. The second-order valence-electron chi connectivity index (χ2n) is 6.73. The molecule has 1 aromatic carbocycles. The van der Waals surface area contributed by atoms with Gasteiger partial charge in [-0.15, -0.1) is 10.2 Å². The molecular weight excluding hydrogens is 304 g/mol. The number of benzene rings is 1. The molecule has 130 valence electrons. The highest BCUT2D eigenvalue weighted by atomic mass is 16.5. The molecule has 3 rings (SSSR count). The number of methoxy groups -OCH3 is 1. The average Bonchev–Trinajstić information content (AvgIpc) is 3.17. The number of hydrogen-bond donors (Lipinski definition) is 1. The number of ether oxygens (including phenoxy) is 1. The van der Waals surface area contributed by atoms with Crippen molar-refractivity contribution in [2.75, 3.05) is 13.7 Å². The minimum atomic E-state index is -0.920. The van der Waals surface area contributed by atoms with Gasteiger partial charge in [-0.05, 0) is 50.9 Å². The predicted octanol–water partition coefficient (Wildman–Crippen LogP) is 2.00. The van der Waals surface area contributed by atoms with E-state index in [1.54, 1.807) is 7.11 Å². The van der Waals surface area contributed by atoms with Crippen LogP contribution in [0, 0.1) is 6.92 Å². The predicted molar refractivity (Wildman–Crippen MR) is 91.7 cm³/mol. The van der Waals surface area contributed by atoms with Gasteiger partial charge in [0, 0.05) is 13.1 Å². The first-order chi connectivity index (χ1) is 11.4. The highest BCUT2D eigenvalue weighted by Gasteiger charge is 2.40. The van der Waals surface area contributed by atoms with E-state index in [-0.39, 0.29) is 6.04 Å². The Morgan fingerprint density at radius 1 is 1.29 bits per heavy atom. The number of nitrogens with zero attached hydrogens (tertiary/aromatic N) is 4. The topological polar surface area (TPSA) is 63.4 Å². The Bertz CT molecular complexity index is 694. The lowest BCUT2D eigenvalue weighted by atomic mass is 9.86. The molecule has 1 aliphatic heterocycles. The lowest BCUT2D eigenvalue weighted by Gasteiger charge is -2.36. The smallest absolute Gasteiger partial charge is 0.146 e. The Kier molecular flexibility index (Phi) is 4.60. The normalized spacial score (nSPS) is 21.0. The summed E-state index contributed by atoms with van der Waals surface area (Å²) in [6.45, 7) is 5.52. The van der Waals surface area contributed by atoms with Crippen LogP contribution < -0.4 is 4.74 Å². The van der Waals surface area contributed by atoms with E-state index in [2.05, 4.69) is 15.1 Å². The van der Waals surface area contributed by atoms with E-state index in [4.69, 9.17) is 4.74 Å². The first-order valence-corrected chi connectivity index (χ1v) is 8.39. The van der Waals surface area contributed by atoms with Crippen molar-refractivity contribution >= 4 is 0 Å². The van der Waals surface area contributed by atoms with Crippen molar-refractivity contribution in [3.63, 3.8) is 0 Å². The van der Waals surface area contributed by atoms with Crippen molar-refractivity contribution in [2.24, 2.45) is 7.05 Å². The van der Waals surface area contributed by atoms with Gasteiger partial charge in [0.15, 0.2) is 0 Å². The summed E-state index contributed by atoms with van der Waals surface area (Å²) in [6, 6.07) is 7.75. The third-order valence-corrected chi connectivity index (χ3v) is 5.21. The van der Waals surface area contributed by atoms with Crippen LogP contribution in [0.4, 0.5) is 0 Å². The van der Waals surface area contributed by atoms with E-state index >= 15 is 0 Å². The quantitative estimate of drug-likeness (QED) is 0.908. The number of aromatic nitrogens is 3. The van der Waals surface area contributed by atoms with Crippen LogP contribution in [0.25, 0.3) is 0 Å². The van der Waals surface area contributed by atoms with Gasteiger partial charge in [-0.25, -0.2) is 0 Å². The molecule has 0 unspecified atom stereocenters. The standard InChI is InChI=1S/C18H26N4O2/c1-13-19-20-17(21(13)3)12-22-11-5-6-16(22)18(2,23)14-7-9-15(24-4)10-8-14/h7-10,16,23H,5-6,11-12H2,1-4H3/t16-,18+/m1/s1. The summed E-state index contributed by atoms with van der Waals surface area (Å²) in [4.78, 5) is 2.31. The Balaban J connectivity index is 1.81. The zero-order valence-electron chi connectivity index (χ0n) is 14.9. The van der Waals surface area contributed by atoms with Gasteiger partial charge in [-0.3, -0.25) is 4.90 Å². The van der Waals surface area contributed by atoms with E-state index in [1.165, 1.54) is 0 Å². The van der Waals surface area contributed by atoms with Gasteiger partial charge in [0.1, 0.15) is 23.0 Å². The maximum atomic E-state index is 11.2. The highest BCUT2D eigenvalue weighted by molar-refractivity contribution is 5.31. The minimum Gasteiger partial charge on any atom is -0.497 e. The molecule has 6 nitrogen and oxygen atoms in total. The molecule has 2 heterocycles. The summed E-state index contributed by atoms with van der Waals surface area (Å²) in [6.07, 6.45) is 2.05. The molecule has 0 saturated carbocycles. The van der Waals surface area contributed by atoms with Crippen LogP contribution in [-0.2, 0) is 19.2 Å². The fourth-order valence-corrected chi connectivity index (χ4v) is 3.54. The van der Waals surface area contributed by atoms with Crippen molar-refractivity contribution < 1.29 is 9.84 Å². The van der Waals surface area contributed by atoms with Gasteiger partial charge in [0.25, 0.3) is 0 Å². The third kappa shape index (κ3) is 3.03. The van der Waals surface area contributed by atoms with Crippen LogP contribution in [0.15, 0.2) is 24.3 Å². The Labute approximate surface area is 143 Å². The Morgan fingerprint density at radius 3 is 2.58 bits per heavy atom. The molecule has 0 spiro atoms. The van der Waals surface area contributed by atoms with Gasteiger partial charge < -0.3 is 14.4 Å². The maximum absolute atomic E-state index is 11.2. The summed E-state index contributed by atoms with van der Waals surface area (Å²) in [5.41, 5.74) is -0.00880. The maximum Gasteiger partial charge on any atom is 0.146 e.